The zero-order chi connectivity index (χ0) is 24.2. The van der Waals surface area contributed by atoms with Crippen molar-refractivity contribution in [1.29, 1.82) is 0 Å². The third-order valence-corrected chi connectivity index (χ3v) is 6.92. The molecule has 0 radical (unpaired) electrons. The number of fused-ring (bicyclic) bond motifs is 3. The lowest BCUT2D eigenvalue weighted by Gasteiger charge is -2.32. The molecule has 11 heteroatoms. The van der Waals surface area contributed by atoms with E-state index in [1.54, 1.807) is 11.6 Å². The van der Waals surface area contributed by atoms with Crippen LogP contribution >= 0.6 is 0 Å². The Balaban J connectivity index is 1.47. The molecule has 1 fully saturated rings. The maximum Gasteiger partial charge on any atom is 0.223 e. The molecule has 3 aromatic heterocycles. The van der Waals surface area contributed by atoms with Gasteiger partial charge in [0.1, 0.15) is 0 Å². The van der Waals surface area contributed by atoms with Crippen LogP contribution in [0.1, 0.15) is 45.4 Å². The Hall–Kier alpha value is -3.47. The minimum Gasteiger partial charge on any atom is -0.494 e. The van der Waals surface area contributed by atoms with E-state index in [1.165, 1.54) is 23.8 Å². The molecule has 1 aromatic carbocycles. The van der Waals surface area contributed by atoms with Gasteiger partial charge in [-0.25, -0.2) is 14.4 Å². The molecule has 0 bridgehead atoms. The first-order valence-corrected chi connectivity index (χ1v) is 11.4. The maximum atomic E-state index is 14.4. The van der Waals surface area contributed by atoms with Crippen LogP contribution in [0.2, 0.25) is 0 Å². The van der Waals surface area contributed by atoms with Crippen LogP contribution in [0, 0.1) is 5.82 Å². The zero-order valence-electron chi connectivity index (χ0n) is 19.7. The Morgan fingerprint density at radius 2 is 2.09 bits per heavy atom. The lowest BCUT2D eigenvalue weighted by Crippen LogP contribution is -2.38. The van der Waals surface area contributed by atoms with Crippen LogP contribution in [0.5, 0.6) is 5.75 Å². The Labute approximate surface area is 196 Å². The number of aliphatic hydroxyl groups excluding tert-OH is 1. The van der Waals surface area contributed by atoms with Gasteiger partial charge in [0, 0.05) is 36.7 Å². The highest BCUT2D eigenvalue weighted by atomic mass is 19.1. The van der Waals surface area contributed by atoms with Crippen molar-refractivity contribution in [3.8, 4) is 5.75 Å². The summed E-state index contributed by atoms with van der Waals surface area (Å²) in [6.07, 6.45) is 5.14. The van der Waals surface area contributed by atoms with Gasteiger partial charge >= 0.3 is 0 Å². The molecule has 34 heavy (non-hydrogen) atoms. The highest BCUT2D eigenvalue weighted by Crippen LogP contribution is 2.32. The van der Waals surface area contributed by atoms with Crippen molar-refractivity contribution in [3.05, 3.63) is 36.2 Å². The minimum absolute atomic E-state index is 0.0688. The van der Waals surface area contributed by atoms with Gasteiger partial charge in [-0.2, -0.15) is 9.61 Å². The number of halogens is 1. The predicted molar refractivity (Wildman–Crippen MR) is 127 cm³/mol. The van der Waals surface area contributed by atoms with Gasteiger partial charge in [-0.3, -0.25) is 4.68 Å². The molecule has 4 heterocycles. The average molecular weight is 469 g/mol. The third kappa shape index (κ3) is 3.60. The van der Waals surface area contributed by atoms with Crippen molar-refractivity contribution in [2.24, 2.45) is 0 Å². The summed E-state index contributed by atoms with van der Waals surface area (Å²) < 4.78 is 22.8. The number of nitrogens with two attached hydrogens (primary N) is 1. The number of hydrogen-bond acceptors (Lipinski definition) is 8. The van der Waals surface area contributed by atoms with Gasteiger partial charge in [-0.15, -0.1) is 5.10 Å². The number of hydrogen-bond donors (Lipinski definition) is 2. The number of rotatable bonds is 5. The SMILES string of the molecule is COc1cc2nc(N)n3nc([C@@H]4CCCN(c5cnn(C(C)(C)[C@H](C)O)c5)C4)nc3c2cc1F. The van der Waals surface area contributed by atoms with Crippen LogP contribution in [0.3, 0.4) is 0 Å². The predicted octanol–water partition coefficient (Wildman–Crippen LogP) is 2.70. The molecule has 1 saturated heterocycles. The summed E-state index contributed by atoms with van der Waals surface area (Å²) >= 11 is 0. The summed E-state index contributed by atoms with van der Waals surface area (Å²) in [4.78, 5) is 11.4. The third-order valence-electron chi connectivity index (χ3n) is 6.92. The molecule has 1 aliphatic rings. The Kier molecular flexibility index (Phi) is 5.31. The van der Waals surface area contributed by atoms with Gasteiger partial charge in [-0.05, 0) is 39.7 Å². The molecule has 0 aliphatic carbocycles. The van der Waals surface area contributed by atoms with Gasteiger partial charge in [-0.1, -0.05) is 0 Å². The molecular weight excluding hydrogens is 439 g/mol. The van der Waals surface area contributed by atoms with Crippen molar-refractivity contribution in [1.82, 2.24) is 29.4 Å². The summed E-state index contributed by atoms with van der Waals surface area (Å²) in [5.74, 6) is 0.516. The van der Waals surface area contributed by atoms with Crippen LogP contribution < -0.4 is 15.4 Å². The monoisotopic (exact) mass is 468 g/mol. The first-order chi connectivity index (χ1) is 16.2. The summed E-state index contributed by atoms with van der Waals surface area (Å²) in [7, 11) is 1.41. The molecule has 0 saturated carbocycles. The average Bonchev–Trinajstić information content (AvgIpc) is 3.48. The van der Waals surface area contributed by atoms with Crippen molar-refractivity contribution < 1.29 is 14.2 Å². The Morgan fingerprint density at radius 1 is 1.29 bits per heavy atom. The number of aromatic nitrogens is 6. The fraction of sp³-hybridized carbons (Fsp3) is 0.478. The molecule has 2 atom stereocenters. The van der Waals surface area contributed by atoms with Crippen LogP contribution in [-0.2, 0) is 5.54 Å². The Morgan fingerprint density at radius 3 is 2.82 bits per heavy atom. The van der Waals surface area contributed by atoms with E-state index < -0.39 is 17.5 Å². The number of nitrogens with zero attached hydrogens (tertiary/aromatic N) is 7. The number of methoxy groups -OCH3 is 1. The molecule has 0 unspecified atom stereocenters. The first-order valence-electron chi connectivity index (χ1n) is 11.4. The fourth-order valence-electron chi connectivity index (χ4n) is 4.38. The zero-order valence-corrected chi connectivity index (χ0v) is 19.7. The van der Waals surface area contributed by atoms with E-state index in [2.05, 4.69) is 20.1 Å². The number of nitrogen functional groups attached to an aromatic ring is 1. The van der Waals surface area contributed by atoms with Crippen LogP contribution in [0.15, 0.2) is 24.5 Å². The van der Waals surface area contributed by atoms with E-state index in [9.17, 15) is 9.50 Å². The number of aliphatic hydroxyl groups is 1. The highest BCUT2D eigenvalue weighted by Gasteiger charge is 2.30. The van der Waals surface area contributed by atoms with E-state index in [-0.39, 0.29) is 17.6 Å². The Bertz CT molecular complexity index is 1360. The summed E-state index contributed by atoms with van der Waals surface area (Å²) in [6.45, 7) is 7.28. The summed E-state index contributed by atoms with van der Waals surface area (Å²) in [5, 5.41) is 19.8. The van der Waals surface area contributed by atoms with Crippen LogP contribution in [0.25, 0.3) is 16.6 Å². The van der Waals surface area contributed by atoms with E-state index >= 15 is 0 Å². The molecule has 3 N–H and O–H groups in total. The highest BCUT2D eigenvalue weighted by molar-refractivity contribution is 5.93. The van der Waals surface area contributed by atoms with Gasteiger partial charge in [0.25, 0.3) is 0 Å². The minimum atomic E-state index is -0.546. The topological polar surface area (TPSA) is 120 Å². The number of piperidine rings is 1. The second-order valence-corrected chi connectivity index (χ2v) is 9.44. The summed E-state index contributed by atoms with van der Waals surface area (Å²) in [5.41, 5.74) is 7.60. The van der Waals surface area contributed by atoms with Crippen LogP contribution in [-0.4, -0.2) is 60.8 Å². The summed E-state index contributed by atoms with van der Waals surface area (Å²) in [6, 6.07) is 2.88. The van der Waals surface area contributed by atoms with E-state index in [1.807, 2.05) is 26.2 Å². The van der Waals surface area contributed by atoms with E-state index in [4.69, 9.17) is 15.5 Å². The van der Waals surface area contributed by atoms with Gasteiger partial charge < -0.3 is 20.5 Å². The molecule has 1 aliphatic heterocycles. The van der Waals surface area contributed by atoms with E-state index in [0.717, 1.165) is 25.1 Å². The molecule has 4 aromatic rings. The lowest BCUT2D eigenvalue weighted by molar-refractivity contribution is 0.0647. The van der Waals surface area contributed by atoms with Crippen LogP contribution in [0.4, 0.5) is 16.0 Å². The van der Waals surface area contributed by atoms with Crippen molar-refractivity contribution in [2.45, 2.75) is 51.2 Å². The second-order valence-electron chi connectivity index (χ2n) is 9.44. The fourth-order valence-corrected chi connectivity index (χ4v) is 4.38. The van der Waals surface area contributed by atoms with E-state index in [0.29, 0.717) is 28.9 Å². The second kappa shape index (κ2) is 8.08. The maximum absolute atomic E-state index is 14.4. The molecule has 180 valence electrons. The van der Waals surface area contributed by atoms with Crippen molar-refractivity contribution >= 4 is 28.2 Å². The van der Waals surface area contributed by atoms with Gasteiger partial charge in [0.05, 0.1) is 36.2 Å². The normalized spacial score (nSPS) is 18.1. The van der Waals surface area contributed by atoms with Crippen molar-refractivity contribution in [3.63, 3.8) is 0 Å². The molecule has 0 spiro atoms. The first kappa shape index (κ1) is 22.3. The number of ether oxygens (including phenoxy) is 1. The molecule has 0 amide bonds. The number of benzene rings is 1. The molecule has 10 nitrogen and oxygen atoms in total. The van der Waals surface area contributed by atoms with Gasteiger partial charge in [0.15, 0.2) is 23.0 Å². The quantitative estimate of drug-likeness (QED) is 0.459. The standard InChI is InChI=1S/C23H29FN8O2/c1-13(33)23(2,3)31-12-15(10-26-31)30-7-5-6-14(11-30)20-28-21-16-8-17(24)19(34-4)9-18(16)27-22(25)32(21)29-20/h8-10,12-14,33H,5-7,11H2,1-4H3,(H2,25,27)/t13-,14+/m0/s1. The molecular formula is C23H29FN8O2. The molecule has 5 rings (SSSR count). The largest absolute Gasteiger partial charge is 0.494 e. The smallest absolute Gasteiger partial charge is 0.223 e. The number of anilines is 2. The lowest BCUT2D eigenvalue weighted by atomic mass is 9.97. The van der Waals surface area contributed by atoms with Gasteiger partial charge in [0.2, 0.25) is 5.95 Å². The van der Waals surface area contributed by atoms with Crippen molar-refractivity contribution in [2.75, 3.05) is 30.8 Å².